The topological polar surface area (TPSA) is 59.3 Å². The first-order valence-electron chi connectivity index (χ1n) is 4.73. The van der Waals surface area contributed by atoms with Gasteiger partial charge in [-0.3, -0.25) is 0 Å². The molecule has 0 spiro atoms. The van der Waals surface area contributed by atoms with Crippen LogP contribution in [0.25, 0.3) is 0 Å². The van der Waals surface area contributed by atoms with Crippen LogP contribution >= 0.6 is 12.2 Å². The van der Waals surface area contributed by atoms with Gasteiger partial charge in [0.05, 0.1) is 6.54 Å². The average Bonchev–Trinajstić information content (AvgIpc) is 2.74. The molecule has 0 radical (unpaired) electrons. The van der Waals surface area contributed by atoms with E-state index in [9.17, 15) is 0 Å². The molecule has 1 rings (SSSR count). The number of ether oxygens (including phenoxy) is 1. The second-order valence-corrected chi connectivity index (χ2v) is 3.35. The lowest BCUT2D eigenvalue weighted by molar-refractivity contribution is 0.195. The van der Waals surface area contributed by atoms with Gasteiger partial charge in [-0.15, -0.1) is 0 Å². The van der Waals surface area contributed by atoms with Crippen molar-refractivity contribution in [3.63, 3.8) is 0 Å². The highest BCUT2D eigenvalue weighted by molar-refractivity contribution is 7.80. The van der Waals surface area contributed by atoms with Gasteiger partial charge in [-0.1, -0.05) is 5.16 Å². The van der Waals surface area contributed by atoms with E-state index in [1.807, 2.05) is 0 Å². The van der Waals surface area contributed by atoms with Gasteiger partial charge in [-0.25, -0.2) is 0 Å². The number of aromatic nitrogens is 1. The van der Waals surface area contributed by atoms with Crippen LogP contribution in [0, 0.1) is 0 Å². The van der Waals surface area contributed by atoms with Gasteiger partial charge in [-0.05, 0) is 18.6 Å². The highest BCUT2D eigenvalue weighted by atomic mass is 32.1. The standard InChI is InChI=1S/C9H15N3O2S/c1-13-5-2-4-10-9(15)11-7-8-3-6-14-12-8/h3,6H,2,4-5,7H2,1H3,(H2,10,11,15). The summed E-state index contributed by atoms with van der Waals surface area (Å²) in [5, 5.41) is 10.5. The third-order valence-electron chi connectivity index (χ3n) is 1.73. The molecule has 0 atom stereocenters. The Kier molecular flexibility index (Phi) is 5.72. The lowest BCUT2D eigenvalue weighted by atomic mass is 10.4. The molecule has 0 bridgehead atoms. The number of hydrogen-bond acceptors (Lipinski definition) is 4. The first kappa shape index (κ1) is 11.9. The molecule has 1 aromatic heterocycles. The molecular formula is C9H15N3O2S. The molecule has 1 heterocycles. The third kappa shape index (κ3) is 5.34. The molecule has 0 saturated carbocycles. The first-order valence-corrected chi connectivity index (χ1v) is 5.13. The molecule has 5 nitrogen and oxygen atoms in total. The summed E-state index contributed by atoms with van der Waals surface area (Å²) < 4.78 is 9.61. The zero-order valence-corrected chi connectivity index (χ0v) is 9.47. The van der Waals surface area contributed by atoms with E-state index >= 15 is 0 Å². The Hall–Kier alpha value is -1.14. The minimum atomic E-state index is 0.576. The minimum absolute atomic E-state index is 0.576. The number of nitrogens with one attached hydrogen (secondary N) is 2. The Morgan fingerprint density at radius 3 is 3.13 bits per heavy atom. The van der Waals surface area contributed by atoms with Crippen LogP contribution in [0.2, 0.25) is 0 Å². The highest BCUT2D eigenvalue weighted by Crippen LogP contribution is 1.92. The second-order valence-electron chi connectivity index (χ2n) is 2.95. The van der Waals surface area contributed by atoms with Crippen LogP contribution in [0.1, 0.15) is 12.1 Å². The second kappa shape index (κ2) is 7.19. The van der Waals surface area contributed by atoms with Gasteiger partial charge < -0.3 is 19.9 Å². The average molecular weight is 229 g/mol. The quantitative estimate of drug-likeness (QED) is 0.552. The van der Waals surface area contributed by atoms with Gasteiger partial charge in [0.25, 0.3) is 0 Å². The van der Waals surface area contributed by atoms with E-state index in [4.69, 9.17) is 17.0 Å². The molecule has 0 fully saturated rings. The summed E-state index contributed by atoms with van der Waals surface area (Å²) in [6, 6.07) is 1.79. The Labute approximate surface area is 94.2 Å². The molecule has 0 saturated heterocycles. The van der Waals surface area contributed by atoms with Crippen molar-refractivity contribution in [1.82, 2.24) is 15.8 Å². The smallest absolute Gasteiger partial charge is 0.166 e. The van der Waals surface area contributed by atoms with Crippen LogP contribution < -0.4 is 10.6 Å². The lowest BCUT2D eigenvalue weighted by Gasteiger charge is -2.08. The predicted molar refractivity (Wildman–Crippen MR) is 60.4 cm³/mol. The third-order valence-corrected chi connectivity index (χ3v) is 2.02. The highest BCUT2D eigenvalue weighted by Gasteiger charge is 1.98. The number of thiocarbonyl (C=S) groups is 1. The van der Waals surface area contributed by atoms with E-state index in [1.165, 1.54) is 6.26 Å². The van der Waals surface area contributed by atoms with Crippen LogP contribution in [0.4, 0.5) is 0 Å². The molecule has 0 aliphatic heterocycles. The first-order chi connectivity index (χ1) is 7.33. The van der Waals surface area contributed by atoms with Gasteiger partial charge in [0, 0.05) is 26.3 Å². The Balaban J connectivity index is 2.04. The summed E-state index contributed by atoms with van der Waals surface area (Å²) >= 11 is 5.06. The SMILES string of the molecule is COCCCNC(=S)NCc1ccon1. The Morgan fingerprint density at radius 2 is 2.47 bits per heavy atom. The molecule has 1 aromatic rings. The maximum Gasteiger partial charge on any atom is 0.166 e. The maximum absolute atomic E-state index is 5.06. The van der Waals surface area contributed by atoms with Crippen molar-refractivity contribution < 1.29 is 9.26 Å². The van der Waals surface area contributed by atoms with Crippen molar-refractivity contribution in [2.24, 2.45) is 0 Å². The monoisotopic (exact) mass is 229 g/mol. The van der Waals surface area contributed by atoms with Crippen LogP contribution in [0.5, 0.6) is 0 Å². The van der Waals surface area contributed by atoms with E-state index in [1.54, 1.807) is 13.2 Å². The van der Waals surface area contributed by atoms with E-state index in [-0.39, 0.29) is 0 Å². The Bertz CT molecular complexity index is 277. The lowest BCUT2D eigenvalue weighted by Crippen LogP contribution is -2.35. The maximum atomic E-state index is 5.06. The number of methoxy groups -OCH3 is 1. The predicted octanol–water partition coefficient (Wildman–Crippen LogP) is 0.675. The van der Waals surface area contributed by atoms with Crippen LogP contribution in [0.3, 0.4) is 0 Å². The molecule has 0 amide bonds. The van der Waals surface area contributed by atoms with Crippen LogP contribution in [-0.2, 0) is 11.3 Å². The summed E-state index contributed by atoms with van der Waals surface area (Å²) in [4.78, 5) is 0. The molecule has 84 valence electrons. The van der Waals surface area contributed by atoms with Gasteiger partial charge in [0.15, 0.2) is 5.11 Å². The van der Waals surface area contributed by atoms with Crippen molar-refractivity contribution >= 4 is 17.3 Å². The zero-order chi connectivity index (χ0) is 10.9. The van der Waals surface area contributed by atoms with Gasteiger partial charge in [0.2, 0.25) is 0 Å². The van der Waals surface area contributed by atoms with Crippen LogP contribution in [0.15, 0.2) is 16.9 Å². The molecule has 0 aliphatic carbocycles. The number of hydrogen-bond donors (Lipinski definition) is 2. The molecule has 2 N–H and O–H groups in total. The van der Waals surface area contributed by atoms with Crippen molar-refractivity contribution in [2.75, 3.05) is 20.3 Å². The van der Waals surface area contributed by atoms with Crippen molar-refractivity contribution in [3.8, 4) is 0 Å². The largest absolute Gasteiger partial charge is 0.385 e. The van der Waals surface area contributed by atoms with Crippen molar-refractivity contribution in [1.29, 1.82) is 0 Å². The summed E-state index contributed by atoms with van der Waals surface area (Å²) in [6.45, 7) is 2.12. The summed E-state index contributed by atoms with van der Waals surface area (Å²) in [7, 11) is 1.68. The molecule has 0 aromatic carbocycles. The van der Waals surface area contributed by atoms with Crippen LogP contribution in [-0.4, -0.2) is 30.5 Å². The summed E-state index contributed by atoms with van der Waals surface area (Å²) in [6.07, 6.45) is 2.47. The van der Waals surface area contributed by atoms with E-state index in [0.29, 0.717) is 11.7 Å². The van der Waals surface area contributed by atoms with Gasteiger partial charge >= 0.3 is 0 Å². The Morgan fingerprint density at radius 1 is 1.60 bits per heavy atom. The van der Waals surface area contributed by atoms with E-state index < -0.39 is 0 Å². The fourth-order valence-corrected chi connectivity index (χ4v) is 1.15. The fourth-order valence-electron chi connectivity index (χ4n) is 0.980. The van der Waals surface area contributed by atoms with Gasteiger partial charge in [0.1, 0.15) is 12.0 Å². The number of nitrogens with zero attached hydrogens (tertiary/aromatic N) is 1. The molecule has 15 heavy (non-hydrogen) atoms. The number of rotatable bonds is 6. The molecule has 0 aliphatic rings. The summed E-state index contributed by atoms with van der Waals surface area (Å²) in [5.74, 6) is 0. The molecule has 0 unspecified atom stereocenters. The van der Waals surface area contributed by atoms with E-state index in [0.717, 1.165) is 25.3 Å². The van der Waals surface area contributed by atoms with Crippen molar-refractivity contribution in [2.45, 2.75) is 13.0 Å². The van der Waals surface area contributed by atoms with Gasteiger partial charge in [-0.2, -0.15) is 0 Å². The molecule has 6 heteroatoms. The zero-order valence-electron chi connectivity index (χ0n) is 8.66. The summed E-state index contributed by atoms with van der Waals surface area (Å²) in [5.41, 5.74) is 0.830. The van der Waals surface area contributed by atoms with Crippen molar-refractivity contribution in [3.05, 3.63) is 18.0 Å². The normalized spacial score (nSPS) is 9.93. The fraction of sp³-hybridized carbons (Fsp3) is 0.556. The minimum Gasteiger partial charge on any atom is -0.385 e. The van der Waals surface area contributed by atoms with E-state index in [2.05, 4.69) is 20.3 Å². The molecular weight excluding hydrogens is 214 g/mol.